The van der Waals surface area contributed by atoms with Gasteiger partial charge in [0.2, 0.25) is 0 Å². The molecule has 1 amide bonds. The van der Waals surface area contributed by atoms with Crippen molar-refractivity contribution in [3.8, 4) is 23.0 Å². The monoisotopic (exact) mass is 474 g/mol. The minimum Gasteiger partial charge on any atom is -0.497 e. The van der Waals surface area contributed by atoms with E-state index in [9.17, 15) is 13.2 Å². The molecule has 2 aromatic rings. The van der Waals surface area contributed by atoms with E-state index < -0.39 is 15.9 Å². The van der Waals surface area contributed by atoms with E-state index in [1.807, 2.05) is 0 Å². The van der Waals surface area contributed by atoms with Crippen LogP contribution in [0, 0.1) is 0 Å². The molecule has 0 atom stereocenters. The summed E-state index contributed by atoms with van der Waals surface area (Å²) in [5, 5.41) is 2.65. The summed E-state index contributed by atoms with van der Waals surface area (Å²) in [7, 11) is 1.67. The zero-order valence-corrected chi connectivity index (χ0v) is 19.9. The molecule has 0 aromatic heterocycles. The molecule has 0 bridgehead atoms. The van der Waals surface area contributed by atoms with Crippen LogP contribution < -0.4 is 28.6 Å². The molecule has 1 heterocycles. The van der Waals surface area contributed by atoms with E-state index in [-0.39, 0.29) is 17.0 Å². The van der Waals surface area contributed by atoms with E-state index in [2.05, 4.69) is 11.9 Å². The Kier molecular flexibility index (Phi) is 6.87. The third-order valence-corrected chi connectivity index (χ3v) is 7.15. The number of sulfonamides is 1. The van der Waals surface area contributed by atoms with E-state index in [0.29, 0.717) is 39.9 Å². The Morgan fingerprint density at radius 1 is 1.00 bits per heavy atom. The summed E-state index contributed by atoms with van der Waals surface area (Å²) >= 11 is 0. The maximum atomic E-state index is 13.6. The molecular weight excluding hydrogens is 448 g/mol. The van der Waals surface area contributed by atoms with Gasteiger partial charge in [0.15, 0.2) is 16.4 Å². The summed E-state index contributed by atoms with van der Waals surface area (Å²) in [6.45, 7) is 5.19. The molecule has 0 spiro atoms. The quantitative estimate of drug-likeness (QED) is 0.585. The number of allylic oxidation sites excluding steroid dienone is 1. The van der Waals surface area contributed by atoms with Gasteiger partial charge in [0.1, 0.15) is 11.5 Å². The van der Waals surface area contributed by atoms with Gasteiger partial charge in [-0.1, -0.05) is 6.08 Å². The second-order valence-corrected chi connectivity index (χ2v) is 8.82. The van der Waals surface area contributed by atoms with E-state index >= 15 is 0 Å². The van der Waals surface area contributed by atoms with Crippen LogP contribution in [-0.4, -0.2) is 49.3 Å². The van der Waals surface area contributed by atoms with Crippen molar-refractivity contribution >= 4 is 32.9 Å². The molecule has 0 unspecified atom stereocenters. The molecule has 9 nitrogen and oxygen atoms in total. The van der Waals surface area contributed by atoms with Crippen molar-refractivity contribution in [3.05, 3.63) is 53.5 Å². The fraction of sp³-hybridized carbons (Fsp3) is 0.261. The van der Waals surface area contributed by atoms with Gasteiger partial charge in [0, 0.05) is 17.7 Å². The normalized spacial score (nSPS) is 14.3. The second kappa shape index (κ2) is 9.45. The van der Waals surface area contributed by atoms with Crippen LogP contribution in [-0.2, 0) is 14.8 Å². The molecule has 176 valence electrons. The van der Waals surface area contributed by atoms with Crippen LogP contribution in [0.1, 0.15) is 12.5 Å². The van der Waals surface area contributed by atoms with Gasteiger partial charge >= 0.3 is 0 Å². The summed E-state index contributed by atoms with van der Waals surface area (Å²) < 4.78 is 49.4. The molecule has 0 aliphatic carbocycles. The van der Waals surface area contributed by atoms with Crippen LogP contribution in [0.4, 0.5) is 11.4 Å². The molecule has 0 fully saturated rings. The van der Waals surface area contributed by atoms with Crippen molar-refractivity contribution < 1.29 is 32.2 Å². The average Bonchev–Trinajstić information content (AvgIpc) is 2.80. The fourth-order valence-electron chi connectivity index (χ4n) is 3.61. The number of carbonyl (C=O) groups is 1. The Morgan fingerprint density at radius 2 is 1.64 bits per heavy atom. The van der Waals surface area contributed by atoms with Gasteiger partial charge in [-0.05, 0) is 30.7 Å². The Labute approximate surface area is 193 Å². The van der Waals surface area contributed by atoms with Crippen LogP contribution in [0.2, 0.25) is 0 Å². The second-order valence-electron chi connectivity index (χ2n) is 7.02. The minimum atomic E-state index is -4.22. The number of hydrogen-bond donors (Lipinski definition) is 1. The van der Waals surface area contributed by atoms with Crippen molar-refractivity contribution in [3.63, 3.8) is 0 Å². The standard InChI is InChI=1S/C23H26N2O7S/c1-7-10-25-18-13-21(32-6)20(31-5)12-16(18)14(2)22(33(25,27)28)23(26)24-17-9-8-15(29-3)11-19(17)30-4/h7-9,11-13H,1,10H2,2-6H3,(H,24,26). The zero-order chi connectivity index (χ0) is 24.3. The van der Waals surface area contributed by atoms with Gasteiger partial charge in [0.25, 0.3) is 15.9 Å². The van der Waals surface area contributed by atoms with Crippen LogP contribution >= 0.6 is 0 Å². The molecule has 1 aliphatic heterocycles. The van der Waals surface area contributed by atoms with Crippen LogP contribution in [0.15, 0.2) is 47.9 Å². The number of nitrogens with one attached hydrogen (secondary N) is 1. The van der Waals surface area contributed by atoms with Crippen molar-refractivity contribution in [2.75, 3.05) is 44.6 Å². The highest BCUT2D eigenvalue weighted by molar-refractivity contribution is 7.97. The number of benzene rings is 2. The Bertz CT molecular complexity index is 1240. The average molecular weight is 475 g/mol. The fourth-order valence-corrected chi connectivity index (χ4v) is 5.33. The summed E-state index contributed by atoms with van der Waals surface area (Å²) in [6.07, 6.45) is 1.45. The molecule has 33 heavy (non-hydrogen) atoms. The van der Waals surface area contributed by atoms with Crippen LogP contribution in [0.3, 0.4) is 0 Å². The summed E-state index contributed by atoms with van der Waals surface area (Å²) in [4.78, 5) is 12.9. The number of amides is 1. The highest BCUT2D eigenvalue weighted by Crippen LogP contribution is 2.45. The van der Waals surface area contributed by atoms with Crippen molar-refractivity contribution in [1.29, 1.82) is 0 Å². The lowest BCUT2D eigenvalue weighted by atomic mass is 10.0. The Hall–Kier alpha value is -3.66. The smallest absolute Gasteiger partial charge is 0.270 e. The number of anilines is 2. The maximum absolute atomic E-state index is 13.6. The lowest BCUT2D eigenvalue weighted by Crippen LogP contribution is -2.39. The molecule has 0 radical (unpaired) electrons. The van der Waals surface area contributed by atoms with Crippen LogP contribution in [0.5, 0.6) is 23.0 Å². The third kappa shape index (κ3) is 4.21. The highest BCUT2D eigenvalue weighted by atomic mass is 32.2. The third-order valence-electron chi connectivity index (χ3n) is 5.22. The van der Waals surface area contributed by atoms with Gasteiger partial charge in [0.05, 0.1) is 46.4 Å². The van der Waals surface area contributed by atoms with Gasteiger partial charge in [-0.2, -0.15) is 0 Å². The highest BCUT2D eigenvalue weighted by Gasteiger charge is 2.40. The lowest BCUT2D eigenvalue weighted by Gasteiger charge is -2.32. The summed E-state index contributed by atoms with van der Waals surface area (Å²) in [5.41, 5.74) is 1.46. The molecule has 1 aliphatic rings. The summed E-state index contributed by atoms with van der Waals surface area (Å²) in [5.74, 6) is 0.821. The number of hydrogen-bond acceptors (Lipinski definition) is 7. The molecule has 3 rings (SSSR count). The first-order valence-electron chi connectivity index (χ1n) is 9.87. The van der Waals surface area contributed by atoms with Crippen molar-refractivity contribution in [1.82, 2.24) is 0 Å². The van der Waals surface area contributed by atoms with E-state index in [1.165, 1.54) is 34.5 Å². The van der Waals surface area contributed by atoms with E-state index in [1.54, 1.807) is 37.3 Å². The number of fused-ring (bicyclic) bond motifs is 1. The molecule has 2 aromatic carbocycles. The topological polar surface area (TPSA) is 103 Å². The number of carbonyl (C=O) groups excluding carboxylic acids is 1. The SMILES string of the molecule is C=CCN1c2cc(OC)c(OC)cc2C(C)=C(C(=O)Nc2ccc(OC)cc2OC)S1(=O)=O. The first-order chi connectivity index (χ1) is 15.7. The first-order valence-corrected chi connectivity index (χ1v) is 11.3. The Balaban J connectivity index is 2.18. The van der Waals surface area contributed by atoms with Gasteiger partial charge in [-0.3, -0.25) is 9.10 Å². The van der Waals surface area contributed by atoms with Gasteiger partial charge in [-0.15, -0.1) is 6.58 Å². The number of methoxy groups -OCH3 is 4. The zero-order valence-electron chi connectivity index (χ0n) is 19.1. The number of nitrogens with zero attached hydrogens (tertiary/aromatic N) is 1. The molecule has 0 saturated heterocycles. The van der Waals surface area contributed by atoms with Gasteiger partial charge in [-0.25, -0.2) is 8.42 Å². The van der Waals surface area contributed by atoms with E-state index in [0.717, 1.165) is 4.31 Å². The summed E-state index contributed by atoms with van der Waals surface area (Å²) in [6, 6.07) is 8.01. The molecular formula is C23H26N2O7S. The Morgan fingerprint density at radius 3 is 2.21 bits per heavy atom. The number of rotatable bonds is 8. The predicted octanol–water partition coefficient (Wildman–Crippen LogP) is 3.43. The molecule has 1 N–H and O–H groups in total. The van der Waals surface area contributed by atoms with Crippen LogP contribution in [0.25, 0.3) is 5.57 Å². The van der Waals surface area contributed by atoms with Gasteiger partial charge < -0.3 is 24.3 Å². The largest absolute Gasteiger partial charge is 0.497 e. The minimum absolute atomic E-state index is 0.0409. The first kappa shape index (κ1) is 24.0. The van der Waals surface area contributed by atoms with Crippen molar-refractivity contribution in [2.45, 2.75) is 6.92 Å². The maximum Gasteiger partial charge on any atom is 0.270 e. The molecule has 10 heteroatoms. The predicted molar refractivity (Wildman–Crippen MR) is 127 cm³/mol. The van der Waals surface area contributed by atoms with E-state index in [4.69, 9.17) is 18.9 Å². The van der Waals surface area contributed by atoms with Crippen molar-refractivity contribution in [2.24, 2.45) is 0 Å². The lowest BCUT2D eigenvalue weighted by molar-refractivity contribution is -0.112. The molecule has 0 saturated carbocycles. The number of ether oxygens (including phenoxy) is 4.